The number of piperazine rings is 1. The average Bonchev–Trinajstić information content (AvgIpc) is 3.05. The summed E-state index contributed by atoms with van der Waals surface area (Å²) in [6.45, 7) is 0.221. The van der Waals surface area contributed by atoms with Crippen LogP contribution in [0.5, 0.6) is 0 Å². The number of carbonyl (C=O) groups is 1. The molecule has 2 rings (SSSR count). The molecule has 0 spiro atoms. The standard InChI is InChI=1S/C13H18F3N3O5S/c1-23-12(20)9-2-3-11(24-9)25(21,22)18-8-10(13(14,15)16)19-6-4-17-5-7-19/h2-3,10,17-18H,4-8H2,1H3. The number of furan rings is 1. The molecule has 1 fully saturated rings. The summed E-state index contributed by atoms with van der Waals surface area (Å²) >= 11 is 0. The molecule has 2 N–H and O–H groups in total. The molecule has 0 radical (unpaired) electrons. The molecule has 0 amide bonds. The molecule has 1 aromatic rings. The third kappa shape index (κ3) is 4.93. The van der Waals surface area contributed by atoms with Crippen molar-refractivity contribution < 1.29 is 35.5 Å². The van der Waals surface area contributed by atoms with E-state index in [-0.39, 0.29) is 18.8 Å². The summed E-state index contributed by atoms with van der Waals surface area (Å²) in [6.07, 6.45) is -4.60. The van der Waals surface area contributed by atoms with Gasteiger partial charge >= 0.3 is 12.1 Å². The second kappa shape index (κ2) is 7.72. The summed E-state index contributed by atoms with van der Waals surface area (Å²) in [6, 6.07) is 0.0827. The Hall–Kier alpha value is -1.63. The van der Waals surface area contributed by atoms with E-state index in [2.05, 4.69) is 10.1 Å². The molecule has 1 aliphatic rings. The summed E-state index contributed by atoms with van der Waals surface area (Å²) in [7, 11) is -3.26. The molecule has 142 valence electrons. The van der Waals surface area contributed by atoms with Crippen LogP contribution in [0.15, 0.2) is 21.6 Å². The maximum absolute atomic E-state index is 13.3. The number of nitrogens with one attached hydrogen (secondary N) is 2. The van der Waals surface area contributed by atoms with Crippen molar-refractivity contribution in [2.24, 2.45) is 0 Å². The van der Waals surface area contributed by atoms with Crippen molar-refractivity contribution in [3.63, 3.8) is 0 Å². The summed E-state index contributed by atoms with van der Waals surface area (Å²) in [5.74, 6) is -1.26. The van der Waals surface area contributed by atoms with Gasteiger partial charge in [0.1, 0.15) is 6.04 Å². The van der Waals surface area contributed by atoms with Gasteiger partial charge in [-0.05, 0) is 12.1 Å². The Morgan fingerprint density at radius 3 is 2.60 bits per heavy atom. The van der Waals surface area contributed by atoms with E-state index in [1.54, 1.807) is 0 Å². The monoisotopic (exact) mass is 385 g/mol. The molecule has 0 bridgehead atoms. The number of alkyl halides is 3. The van der Waals surface area contributed by atoms with Gasteiger partial charge in [-0.1, -0.05) is 0 Å². The number of sulfonamides is 1. The van der Waals surface area contributed by atoms with Gasteiger partial charge in [-0.15, -0.1) is 0 Å². The Morgan fingerprint density at radius 1 is 1.40 bits per heavy atom. The Labute approximate surface area is 142 Å². The molecule has 1 aliphatic heterocycles. The fraction of sp³-hybridized carbons (Fsp3) is 0.615. The van der Waals surface area contributed by atoms with Crippen molar-refractivity contribution in [2.45, 2.75) is 17.3 Å². The number of nitrogens with zero attached hydrogens (tertiary/aromatic N) is 1. The van der Waals surface area contributed by atoms with E-state index in [1.807, 2.05) is 4.72 Å². The Morgan fingerprint density at radius 2 is 2.04 bits per heavy atom. The van der Waals surface area contributed by atoms with E-state index in [9.17, 15) is 26.4 Å². The van der Waals surface area contributed by atoms with Crippen LogP contribution in [0.1, 0.15) is 10.6 Å². The van der Waals surface area contributed by atoms with Crippen LogP contribution < -0.4 is 10.0 Å². The molecular formula is C13H18F3N3O5S. The fourth-order valence-corrected chi connectivity index (χ4v) is 3.35. The van der Waals surface area contributed by atoms with Crippen molar-refractivity contribution >= 4 is 16.0 Å². The van der Waals surface area contributed by atoms with E-state index >= 15 is 0 Å². The first kappa shape index (κ1) is 19.7. The first-order chi connectivity index (χ1) is 11.6. The van der Waals surface area contributed by atoms with Crippen LogP contribution in [0.3, 0.4) is 0 Å². The topological polar surface area (TPSA) is 101 Å². The van der Waals surface area contributed by atoms with E-state index in [0.717, 1.165) is 19.2 Å². The Bertz CT molecular complexity index is 698. The maximum atomic E-state index is 13.3. The zero-order valence-corrected chi connectivity index (χ0v) is 14.1. The minimum absolute atomic E-state index is 0.152. The van der Waals surface area contributed by atoms with Gasteiger partial charge in [-0.25, -0.2) is 17.9 Å². The molecular weight excluding hydrogens is 367 g/mol. The van der Waals surface area contributed by atoms with Gasteiger partial charge < -0.3 is 14.5 Å². The number of hydrogen-bond acceptors (Lipinski definition) is 7. The van der Waals surface area contributed by atoms with E-state index in [4.69, 9.17) is 4.42 Å². The molecule has 0 saturated carbocycles. The van der Waals surface area contributed by atoms with E-state index < -0.39 is 39.8 Å². The molecule has 1 aromatic heterocycles. The number of ether oxygens (including phenoxy) is 1. The highest BCUT2D eigenvalue weighted by atomic mass is 32.2. The Kier molecular flexibility index (Phi) is 6.08. The minimum atomic E-state index is -4.60. The lowest BCUT2D eigenvalue weighted by Gasteiger charge is -2.35. The third-order valence-corrected chi connectivity index (χ3v) is 4.97. The highest BCUT2D eigenvalue weighted by molar-refractivity contribution is 7.89. The SMILES string of the molecule is COC(=O)c1ccc(S(=O)(=O)NCC(N2CCNCC2)C(F)(F)F)o1. The number of methoxy groups -OCH3 is 1. The lowest BCUT2D eigenvalue weighted by Crippen LogP contribution is -2.57. The molecule has 1 saturated heterocycles. The van der Waals surface area contributed by atoms with E-state index in [0.29, 0.717) is 13.1 Å². The van der Waals surface area contributed by atoms with Gasteiger partial charge in [0.05, 0.1) is 7.11 Å². The van der Waals surface area contributed by atoms with Gasteiger partial charge in [0, 0.05) is 32.7 Å². The maximum Gasteiger partial charge on any atom is 0.405 e. The fourth-order valence-electron chi connectivity index (χ4n) is 2.38. The van der Waals surface area contributed by atoms with Crippen LogP contribution >= 0.6 is 0 Å². The smallest absolute Gasteiger partial charge is 0.405 e. The third-order valence-electron chi connectivity index (χ3n) is 3.67. The van der Waals surface area contributed by atoms with Crippen LogP contribution in [-0.2, 0) is 14.8 Å². The second-order valence-corrected chi connectivity index (χ2v) is 7.00. The number of rotatable bonds is 6. The molecule has 12 heteroatoms. The zero-order chi connectivity index (χ0) is 18.7. The second-order valence-electron chi connectivity index (χ2n) is 5.31. The molecule has 8 nitrogen and oxygen atoms in total. The van der Waals surface area contributed by atoms with Crippen molar-refractivity contribution in [1.82, 2.24) is 14.9 Å². The molecule has 25 heavy (non-hydrogen) atoms. The number of carbonyl (C=O) groups excluding carboxylic acids is 1. The summed E-state index contributed by atoms with van der Waals surface area (Å²) in [5.41, 5.74) is 0. The largest absolute Gasteiger partial charge is 0.463 e. The summed E-state index contributed by atoms with van der Waals surface area (Å²) < 4.78 is 75.1. The molecule has 0 aromatic carbocycles. The highest BCUT2D eigenvalue weighted by Gasteiger charge is 2.44. The van der Waals surface area contributed by atoms with Crippen LogP contribution in [-0.4, -0.2) is 71.3 Å². The van der Waals surface area contributed by atoms with E-state index in [1.165, 1.54) is 4.90 Å². The molecule has 0 aliphatic carbocycles. The predicted octanol–water partition coefficient (Wildman–Crippen LogP) is 0.181. The van der Waals surface area contributed by atoms with Gasteiger partial charge in [-0.3, -0.25) is 4.90 Å². The van der Waals surface area contributed by atoms with Gasteiger partial charge in [0.25, 0.3) is 10.0 Å². The molecule has 1 unspecified atom stereocenters. The normalized spacial score (nSPS) is 18.1. The van der Waals surface area contributed by atoms with Crippen molar-refractivity contribution in [3.05, 3.63) is 17.9 Å². The highest BCUT2D eigenvalue weighted by Crippen LogP contribution is 2.25. The van der Waals surface area contributed by atoms with Crippen molar-refractivity contribution in [2.75, 3.05) is 39.8 Å². The first-order valence-corrected chi connectivity index (χ1v) is 8.83. The predicted molar refractivity (Wildman–Crippen MR) is 79.5 cm³/mol. The lowest BCUT2D eigenvalue weighted by molar-refractivity contribution is -0.182. The Balaban J connectivity index is 2.10. The number of halogens is 3. The first-order valence-electron chi connectivity index (χ1n) is 7.34. The van der Waals surface area contributed by atoms with Crippen LogP contribution in [0.2, 0.25) is 0 Å². The molecule has 2 heterocycles. The quantitative estimate of drug-likeness (QED) is 0.674. The van der Waals surface area contributed by atoms with Gasteiger partial charge in [-0.2, -0.15) is 13.2 Å². The number of esters is 1. The lowest BCUT2D eigenvalue weighted by atomic mass is 10.2. The summed E-state index contributed by atoms with van der Waals surface area (Å²) in [4.78, 5) is 12.4. The van der Waals surface area contributed by atoms with Crippen molar-refractivity contribution in [3.8, 4) is 0 Å². The minimum Gasteiger partial charge on any atom is -0.463 e. The molecule has 1 atom stereocenters. The van der Waals surface area contributed by atoms with Crippen LogP contribution in [0, 0.1) is 0 Å². The van der Waals surface area contributed by atoms with Crippen molar-refractivity contribution in [1.29, 1.82) is 0 Å². The van der Waals surface area contributed by atoms with Crippen LogP contribution in [0.4, 0.5) is 13.2 Å². The average molecular weight is 385 g/mol. The van der Waals surface area contributed by atoms with Gasteiger partial charge in [0.2, 0.25) is 10.9 Å². The number of hydrogen-bond donors (Lipinski definition) is 2. The summed E-state index contributed by atoms with van der Waals surface area (Å²) in [5, 5.41) is 2.27. The van der Waals surface area contributed by atoms with Crippen LogP contribution in [0.25, 0.3) is 0 Å². The van der Waals surface area contributed by atoms with Gasteiger partial charge in [0.15, 0.2) is 0 Å². The zero-order valence-electron chi connectivity index (χ0n) is 13.3.